The maximum absolute atomic E-state index is 13.4. The molecule has 8 nitrogen and oxygen atoms in total. The quantitative estimate of drug-likeness (QED) is 0.685. The number of rotatable bonds is 5. The molecule has 33 heavy (non-hydrogen) atoms. The van der Waals surface area contributed by atoms with Gasteiger partial charge in [-0.25, -0.2) is 23.1 Å². The highest BCUT2D eigenvalue weighted by Crippen LogP contribution is 2.36. The summed E-state index contributed by atoms with van der Waals surface area (Å²) in [7, 11) is 3.30. The molecule has 1 N–H and O–H groups in total. The van der Waals surface area contributed by atoms with Crippen molar-refractivity contribution in [1.29, 1.82) is 0 Å². The second kappa shape index (κ2) is 8.29. The van der Waals surface area contributed by atoms with E-state index in [1.807, 2.05) is 0 Å². The zero-order valence-corrected chi connectivity index (χ0v) is 18.7. The SMILES string of the molecule is COC[C@]1(C)C(=O)Nc2c(C)nc(CC3CN(C(=O)c4cc(F)c(F)c(F)c4)C3)nc2N1C. The molecule has 1 fully saturated rings. The van der Waals surface area contributed by atoms with Crippen LogP contribution in [0.4, 0.5) is 24.7 Å². The number of hydrogen-bond donors (Lipinski definition) is 1. The van der Waals surface area contributed by atoms with Crippen molar-refractivity contribution in [3.63, 3.8) is 0 Å². The van der Waals surface area contributed by atoms with E-state index in [2.05, 4.69) is 15.3 Å². The molecule has 0 aliphatic carbocycles. The predicted octanol–water partition coefficient (Wildman–Crippen LogP) is 2.31. The molecular formula is C22H24F3N5O3. The Balaban J connectivity index is 1.47. The van der Waals surface area contributed by atoms with Crippen LogP contribution >= 0.6 is 0 Å². The minimum atomic E-state index is -1.60. The summed E-state index contributed by atoms with van der Waals surface area (Å²) < 4.78 is 45.3. The number of aryl methyl sites for hydroxylation is 1. The minimum Gasteiger partial charge on any atom is -0.382 e. The van der Waals surface area contributed by atoms with Gasteiger partial charge in [0.05, 0.1) is 12.3 Å². The smallest absolute Gasteiger partial charge is 0.254 e. The molecule has 176 valence electrons. The largest absolute Gasteiger partial charge is 0.382 e. The van der Waals surface area contributed by atoms with Crippen LogP contribution in [-0.4, -0.2) is 66.1 Å². The third kappa shape index (κ3) is 3.90. The number of fused-ring (bicyclic) bond motifs is 1. The number of hydrogen-bond acceptors (Lipinski definition) is 6. The van der Waals surface area contributed by atoms with Crippen molar-refractivity contribution in [3.05, 3.63) is 46.7 Å². The number of methoxy groups -OCH3 is 1. The van der Waals surface area contributed by atoms with Crippen LogP contribution in [0.2, 0.25) is 0 Å². The van der Waals surface area contributed by atoms with Gasteiger partial charge in [-0.15, -0.1) is 0 Å². The van der Waals surface area contributed by atoms with Gasteiger partial charge in [-0.1, -0.05) is 0 Å². The number of likely N-dealkylation sites (tertiary alicyclic amines) is 1. The van der Waals surface area contributed by atoms with Crippen LogP contribution in [0.25, 0.3) is 0 Å². The molecule has 0 spiro atoms. The van der Waals surface area contributed by atoms with Crippen LogP contribution in [0, 0.1) is 30.3 Å². The van der Waals surface area contributed by atoms with Gasteiger partial charge in [0.1, 0.15) is 17.1 Å². The first-order valence-electron chi connectivity index (χ1n) is 10.4. The summed E-state index contributed by atoms with van der Waals surface area (Å²) in [5, 5.41) is 2.87. The van der Waals surface area contributed by atoms with Gasteiger partial charge in [0, 0.05) is 45.1 Å². The van der Waals surface area contributed by atoms with Crippen LogP contribution in [-0.2, 0) is 16.0 Å². The Labute approximate surface area is 188 Å². The van der Waals surface area contributed by atoms with E-state index in [-0.39, 0.29) is 24.0 Å². The summed E-state index contributed by atoms with van der Waals surface area (Å²) in [5.74, 6) is -3.97. The molecule has 1 aromatic heterocycles. The number of benzene rings is 1. The second-order valence-electron chi connectivity index (χ2n) is 8.68. The van der Waals surface area contributed by atoms with Gasteiger partial charge in [-0.05, 0) is 26.0 Å². The van der Waals surface area contributed by atoms with E-state index in [1.54, 1.807) is 25.8 Å². The Morgan fingerprint density at radius 2 is 1.88 bits per heavy atom. The highest BCUT2D eigenvalue weighted by molar-refractivity contribution is 6.06. The molecule has 0 unspecified atom stereocenters. The lowest BCUT2D eigenvalue weighted by molar-refractivity contribution is -0.122. The Hall–Kier alpha value is -3.21. The first kappa shape index (κ1) is 23.0. The fourth-order valence-electron chi connectivity index (χ4n) is 4.16. The number of carbonyl (C=O) groups is 2. The lowest BCUT2D eigenvalue weighted by Crippen LogP contribution is -2.59. The topological polar surface area (TPSA) is 87.7 Å². The van der Waals surface area contributed by atoms with Gasteiger partial charge in [0.25, 0.3) is 11.8 Å². The van der Waals surface area contributed by atoms with Crippen LogP contribution in [0.5, 0.6) is 0 Å². The number of halogens is 3. The highest BCUT2D eigenvalue weighted by atomic mass is 19.2. The first-order chi connectivity index (χ1) is 15.5. The summed E-state index contributed by atoms with van der Waals surface area (Å²) in [5.41, 5.74) is 0.00413. The molecule has 2 aliphatic heterocycles. The average Bonchev–Trinajstić information content (AvgIpc) is 2.73. The molecule has 11 heteroatoms. The Morgan fingerprint density at radius 1 is 1.24 bits per heavy atom. The zero-order chi connectivity index (χ0) is 24.1. The van der Waals surface area contributed by atoms with Crippen LogP contribution < -0.4 is 10.2 Å². The molecule has 2 aliphatic rings. The fourth-order valence-corrected chi connectivity index (χ4v) is 4.16. The summed E-state index contributed by atoms with van der Waals surface area (Å²) in [4.78, 5) is 37.5. The van der Waals surface area contributed by atoms with Crippen molar-refractivity contribution >= 4 is 23.3 Å². The van der Waals surface area contributed by atoms with Gasteiger partial charge in [-0.2, -0.15) is 0 Å². The van der Waals surface area contributed by atoms with Crippen molar-refractivity contribution in [1.82, 2.24) is 14.9 Å². The fraction of sp³-hybridized carbons (Fsp3) is 0.455. The normalized spacial score (nSPS) is 20.4. The summed E-state index contributed by atoms with van der Waals surface area (Å²) in [6, 6.07) is 1.40. The number of amides is 2. The standard InChI is InChI=1S/C22H24F3N5O3/c1-11-18-19(29(3)22(2,10-33-4)21(32)28-18)27-16(26-11)5-12-8-30(9-12)20(31)13-6-14(23)17(25)15(24)7-13/h6-7,12H,5,8-10H2,1-4H3,(H,28,32)/t22-/m1/s1. The third-order valence-electron chi connectivity index (χ3n) is 6.27. The molecule has 0 radical (unpaired) electrons. The van der Waals surface area contributed by atoms with Crippen molar-refractivity contribution in [2.24, 2.45) is 5.92 Å². The van der Waals surface area contributed by atoms with Gasteiger partial charge in [0.15, 0.2) is 23.3 Å². The number of aromatic nitrogens is 2. The molecule has 2 aromatic rings. The summed E-state index contributed by atoms with van der Waals surface area (Å²) in [6.07, 6.45) is 0.479. The molecular weight excluding hydrogens is 439 g/mol. The Morgan fingerprint density at radius 3 is 2.48 bits per heavy atom. The van der Waals surface area contributed by atoms with E-state index in [0.717, 1.165) is 0 Å². The molecule has 4 rings (SSSR count). The van der Waals surface area contributed by atoms with Crippen molar-refractivity contribution in [2.75, 3.05) is 44.1 Å². The van der Waals surface area contributed by atoms with Crippen LogP contribution in [0.1, 0.15) is 28.8 Å². The van der Waals surface area contributed by atoms with E-state index in [1.165, 1.54) is 12.0 Å². The van der Waals surface area contributed by atoms with Gasteiger partial charge < -0.3 is 19.9 Å². The summed E-state index contributed by atoms with van der Waals surface area (Å²) >= 11 is 0. The number of carbonyl (C=O) groups excluding carboxylic acids is 2. The Kier molecular flexibility index (Phi) is 5.77. The molecule has 1 atom stereocenters. The molecule has 1 aromatic carbocycles. The lowest BCUT2D eigenvalue weighted by Gasteiger charge is -2.43. The monoisotopic (exact) mass is 463 g/mol. The Bertz CT molecular complexity index is 1120. The maximum atomic E-state index is 13.4. The average molecular weight is 463 g/mol. The van der Waals surface area contributed by atoms with Crippen LogP contribution in [0.15, 0.2) is 12.1 Å². The van der Waals surface area contributed by atoms with Gasteiger partial charge >= 0.3 is 0 Å². The zero-order valence-electron chi connectivity index (χ0n) is 18.7. The molecule has 0 bridgehead atoms. The molecule has 3 heterocycles. The van der Waals surface area contributed by atoms with Gasteiger partial charge in [-0.3, -0.25) is 9.59 Å². The number of nitrogens with zero attached hydrogens (tertiary/aromatic N) is 4. The number of anilines is 2. The van der Waals surface area contributed by atoms with E-state index in [0.29, 0.717) is 54.7 Å². The molecule has 0 saturated carbocycles. The number of ether oxygens (including phenoxy) is 1. The van der Waals surface area contributed by atoms with Crippen molar-refractivity contribution in [2.45, 2.75) is 25.8 Å². The number of nitrogens with one attached hydrogen (secondary N) is 1. The van der Waals surface area contributed by atoms with E-state index < -0.39 is 28.9 Å². The van der Waals surface area contributed by atoms with Crippen molar-refractivity contribution < 1.29 is 27.5 Å². The maximum Gasteiger partial charge on any atom is 0.254 e. The van der Waals surface area contributed by atoms with E-state index >= 15 is 0 Å². The third-order valence-corrected chi connectivity index (χ3v) is 6.27. The summed E-state index contributed by atoms with van der Waals surface area (Å²) in [6.45, 7) is 4.44. The molecule has 2 amide bonds. The van der Waals surface area contributed by atoms with Crippen LogP contribution in [0.3, 0.4) is 0 Å². The van der Waals surface area contributed by atoms with Crippen molar-refractivity contribution in [3.8, 4) is 0 Å². The van der Waals surface area contributed by atoms with Gasteiger partial charge in [0.2, 0.25) is 0 Å². The minimum absolute atomic E-state index is 0.0513. The molecule has 1 saturated heterocycles. The van der Waals surface area contributed by atoms with E-state index in [9.17, 15) is 22.8 Å². The first-order valence-corrected chi connectivity index (χ1v) is 10.4. The highest BCUT2D eigenvalue weighted by Gasteiger charge is 2.44. The second-order valence-corrected chi connectivity index (χ2v) is 8.68. The number of likely N-dealkylation sites (N-methyl/N-ethyl adjacent to an activating group) is 1. The predicted molar refractivity (Wildman–Crippen MR) is 113 cm³/mol. The lowest BCUT2D eigenvalue weighted by atomic mass is 9.94. The van der Waals surface area contributed by atoms with E-state index in [4.69, 9.17) is 4.74 Å².